The Morgan fingerprint density at radius 1 is 0.880 bits per heavy atom. The molecule has 0 spiro atoms. The summed E-state index contributed by atoms with van der Waals surface area (Å²) in [6.07, 6.45) is 0. The molecule has 0 bridgehead atoms. The molecule has 2 aromatic rings. The molecule has 0 heterocycles. The van der Waals surface area contributed by atoms with Crippen molar-refractivity contribution in [2.75, 3.05) is 5.32 Å². The zero-order chi connectivity index (χ0) is 18.6. The maximum Gasteiger partial charge on any atom is 0.255 e. The second-order valence-corrected chi connectivity index (χ2v) is 7.49. The molecule has 0 atom stereocenters. The highest BCUT2D eigenvalue weighted by Crippen LogP contribution is 2.23. The molecule has 0 radical (unpaired) electrons. The van der Waals surface area contributed by atoms with Crippen molar-refractivity contribution in [2.45, 2.75) is 46.1 Å². The van der Waals surface area contributed by atoms with Crippen LogP contribution in [0.15, 0.2) is 48.5 Å². The van der Waals surface area contributed by atoms with E-state index in [-0.39, 0.29) is 23.3 Å². The van der Waals surface area contributed by atoms with Crippen LogP contribution in [0.3, 0.4) is 0 Å². The van der Waals surface area contributed by atoms with E-state index in [0.29, 0.717) is 11.1 Å². The highest BCUT2D eigenvalue weighted by atomic mass is 16.2. The monoisotopic (exact) mass is 338 g/mol. The molecule has 0 aliphatic rings. The van der Waals surface area contributed by atoms with Gasteiger partial charge in [0.2, 0.25) is 0 Å². The largest absolute Gasteiger partial charge is 0.350 e. The first-order valence-electron chi connectivity index (χ1n) is 8.49. The molecular weight excluding hydrogens is 312 g/mol. The van der Waals surface area contributed by atoms with Gasteiger partial charge in [0.25, 0.3) is 11.8 Å². The van der Waals surface area contributed by atoms with Gasteiger partial charge in [0, 0.05) is 22.9 Å². The highest BCUT2D eigenvalue weighted by Gasteiger charge is 2.14. The molecule has 0 saturated heterocycles. The molecule has 0 aliphatic carbocycles. The van der Waals surface area contributed by atoms with Crippen LogP contribution < -0.4 is 10.6 Å². The summed E-state index contributed by atoms with van der Waals surface area (Å²) in [5, 5.41) is 5.70. The Labute approximate surface area is 149 Å². The van der Waals surface area contributed by atoms with Crippen LogP contribution in [-0.4, -0.2) is 17.9 Å². The van der Waals surface area contributed by atoms with Crippen LogP contribution in [0.4, 0.5) is 5.69 Å². The van der Waals surface area contributed by atoms with Crippen molar-refractivity contribution >= 4 is 17.5 Å². The molecular formula is C21H26N2O2. The van der Waals surface area contributed by atoms with Crippen molar-refractivity contribution in [1.82, 2.24) is 5.32 Å². The molecule has 2 amide bonds. The van der Waals surface area contributed by atoms with Crippen molar-refractivity contribution in [3.63, 3.8) is 0 Å². The van der Waals surface area contributed by atoms with Crippen LogP contribution in [0.2, 0.25) is 0 Å². The minimum Gasteiger partial charge on any atom is -0.350 e. The average molecular weight is 338 g/mol. The summed E-state index contributed by atoms with van der Waals surface area (Å²) >= 11 is 0. The molecule has 4 nitrogen and oxygen atoms in total. The quantitative estimate of drug-likeness (QED) is 0.869. The van der Waals surface area contributed by atoms with Gasteiger partial charge in [0.1, 0.15) is 0 Å². The van der Waals surface area contributed by atoms with Crippen LogP contribution in [0.1, 0.15) is 60.9 Å². The highest BCUT2D eigenvalue weighted by molar-refractivity contribution is 6.06. The minimum absolute atomic E-state index is 0.0475. The number of hydrogen-bond donors (Lipinski definition) is 2. The summed E-state index contributed by atoms with van der Waals surface area (Å²) in [5.74, 6) is -0.415. The van der Waals surface area contributed by atoms with E-state index in [2.05, 4.69) is 31.4 Å². The van der Waals surface area contributed by atoms with E-state index in [1.54, 1.807) is 24.3 Å². The van der Waals surface area contributed by atoms with E-state index in [1.807, 2.05) is 38.1 Å². The summed E-state index contributed by atoms with van der Waals surface area (Å²) in [5.41, 5.74) is 2.94. The van der Waals surface area contributed by atoms with Gasteiger partial charge in [-0.1, -0.05) is 39.0 Å². The van der Waals surface area contributed by atoms with E-state index in [9.17, 15) is 9.59 Å². The Hall–Kier alpha value is -2.62. The van der Waals surface area contributed by atoms with Gasteiger partial charge in [-0.15, -0.1) is 0 Å². The van der Waals surface area contributed by atoms with Gasteiger partial charge in [-0.05, 0) is 55.2 Å². The van der Waals surface area contributed by atoms with Crippen molar-refractivity contribution < 1.29 is 9.59 Å². The summed E-state index contributed by atoms with van der Waals surface area (Å²) in [6.45, 7) is 10.2. The molecule has 2 aromatic carbocycles. The van der Waals surface area contributed by atoms with Crippen LogP contribution in [0.25, 0.3) is 0 Å². The predicted octanol–water partition coefficient (Wildman–Crippen LogP) is 4.37. The first kappa shape index (κ1) is 18.7. The Kier molecular flexibility index (Phi) is 5.62. The van der Waals surface area contributed by atoms with E-state index < -0.39 is 0 Å². The molecule has 132 valence electrons. The molecule has 4 heteroatoms. The zero-order valence-corrected chi connectivity index (χ0v) is 15.5. The first-order chi connectivity index (χ1) is 11.7. The molecule has 0 aromatic heterocycles. The SMILES string of the molecule is CC(C)NC(=O)c1cccc(C(=O)Nc2ccc(C(C)(C)C)cc2)c1. The van der Waals surface area contributed by atoms with Crippen LogP contribution in [-0.2, 0) is 5.41 Å². The number of nitrogens with one attached hydrogen (secondary N) is 2. The summed E-state index contributed by atoms with van der Waals surface area (Å²) in [7, 11) is 0. The second-order valence-electron chi connectivity index (χ2n) is 7.49. The standard InChI is InChI=1S/C21H26N2O2/c1-14(2)22-19(24)15-7-6-8-16(13-15)20(25)23-18-11-9-17(10-12-18)21(3,4)5/h6-14H,1-5H3,(H,22,24)(H,23,25). The second kappa shape index (κ2) is 7.51. The molecule has 2 rings (SSSR count). The third kappa shape index (κ3) is 5.18. The molecule has 0 fully saturated rings. The molecule has 0 aliphatic heterocycles. The first-order valence-corrected chi connectivity index (χ1v) is 8.49. The lowest BCUT2D eigenvalue weighted by Gasteiger charge is -2.19. The number of hydrogen-bond acceptors (Lipinski definition) is 2. The molecule has 25 heavy (non-hydrogen) atoms. The van der Waals surface area contributed by atoms with Crippen LogP contribution in [0.5, 0.6) is 0 Å². The van der Waals surface area contributed by atoms with Crippen molar-refractivity contribution in [2.24, 2.45) is 0 Å². The van der Waals surface area contributed by atoms with E-state index in [0.717, 1.165) is 5.69 Å². The molecule has 0 unspecified atom stereocenters. The maximum atomic E-state index is 12.5. The Morgan fingerprint density at radius 2 is 1.44 bits per heavy atom. The van der Waals surface area contributed by atoms with Crippen LogP contribution in [0, 0.1) is 0 Å². The number of carbonyl (C=O) groups excluding carboxylic acids is 2. The lowest BCUT2D eigenvalue weighted by atomic mass is 9.87. The Balaban J connectivity index is 2.12. The fourth-order valence-corrected chi connectivity index (χ4v) is 2.40. The van der Waals surface area contributed by atoms with Crippen LogP contribution >= 0.6 is 0 Å². The predicted molar refractivity (Wildman–Crippen MR) is 102 cm³/mol. The Bertz CT molecular complexity index is 756. The van der Waals surface area contributed by atoms with Crippen molar-refractivity contribution in [3.05, 3.63) is 65.2 Å². The number of carbonyl (C=O) groups is 2. The van der Waals surface area contributed by atoms with Gasteiger partial charge >= 0.3 is 0 Å². The maximum absolute atomic E-state index is 12.5. The average Bonchev–Trinajstić information content (AvgIpc) is 2.54. The number of benzene rings is 2. The zero-order valence-electron chi connectivity index (χ0n) is 15.5. The lowest BCUT2D eigenvalue weighted by Crippen LogP contribution is -2.30. The molecule has 0 saturated carbocycles. The smallest absolute Gasteiger partial charge is 0.255 e. The fourth-order valence-electron chi connectivity index (χ4n) is 2.40. The van der Waals surface area contributed by atoms with Gasteiger partial charge in [-0.2, -0.15) is 0 Å². The summed E-state index contributed by atoms with van der Waals surface area (Å²) in [6, 6.07) is 14.6. The van der Waals surface area contributed by atoms with E-state index in [4.69, 9.17) is 0 Å². The summed E-state index contributed by atoms with van der Waals surface area (Å²) in [4.78, 5) is 24.5. The van der Waals surface area contributed by atoms with Gasteiger partial charge in [-0.3, -0.25) is 9.59 Å². The third-order valence-corrected chi connectivity index (χ3v) is 3.82. The van der Waals surface area contributed by atoms with Crippen molar-refractivity contribution in [3.8, 4) is 0 Å². The normalized spacial score (nSPS) is 11.3. The van der Waals surface area contributed by atoms with Crippen molar-refractivity contribution in [1.29, 1.82) is 0 Å². The van der Waals surface area contributed by atoms with E-state index >= 15 is 0 Å². The van der Waals surface area contributed by atoms with Gasteiger partial charge in [0.15, 0.2) is 0 Å². The summed E-state index contributed by atoms with van der Waals surface area (Å²) < 4.78 is 0. The topological polar surface area (TPSA) is 58.2 Å². The third-order valence-electron chi connectivity index (χ3n) is 3.82. The fraction of sp³-hybridized carbons (Fsp3) is 0.333. The van der Waals surface area contributed by atoms with Gasteiger partial charge in [0.05, 0.1) is 0 Å². The van der Waals surface area contributed by atoms with Gasteiger partial charge < -0.3 is 10.6 Å². The number of amides is 2. The lowest BCUT2D eigenvalue weighted by molar-refractivity contribution is 0.0943. The molecule has 2 N–H and O–H groups in total. The number of anilines is 1. The number of rotatable bonds is 4. The van der Waals surface area contributed by atoms with E-state index in [1.165, 1.54) is 5.56 Å². The Morgan fingerprint density at radius 3 is 1.96 bits per heavy atom. The minimum atomic E-state index is -0.234. The van der Waals surface area contributed by atoms with Gasteiger partial charge in [-0.25, -0.2) is 0 Å².